The minimum atomic E-state index is 0.488. The number of nitrogens with one attached hydrogen (secondary N) is 1. The Labute approximate surface area is 83.7 Å². The van der Waals surface area contributed by atoms with Crippen LogP contribution in [0.4, 0.5) is 5.82 Å². The maximum absolute atomic E-state index is 4.93. The summed E-state index contributed by atoms with van der Waals surface area (Å²) in [5, 5.41) is 3.27. The standard InChI is InChI=1S/C10H15N3O/c1-10(3-4-10)7-13-8-5-12-9(14-2)6-11-8/h5-6H,3-4,7H2,1-2H3,(H,11,13). The zero-order valence-electron chi connectivity index (χ0n) is 8.58. The Hall–Kier alpha value is -1.32. The van der Waals surface area contributed by atoms with Gasteiger partial charge < -0.3 is 10.1 Å². The molecule has 1 aromatic rings. The molecule has 1 fully saturated rings. The molecule has 0 spiro atoms. The van der Waals surface area contributed by atoms with Gasteiger partial charge in [0.2, 0.25) is 5.88 Å². The summed E-state index contributed by atoms with van der Waals surface area (Å²) in [6, 6.07) is 0. The monoisotopic (exact) mass is 193 g/mol. The number of ether oxygens (including phenoxy) is 1. The van der Waals surface area contributed by atoms with E-state index in [9.17, 15) is 0 Å². The van der Waals surface area contributed by atoms with E-state index >= 15 is 0 Å². The van der Waals surface area contributed by atoms with Crippen molar-refractivity contribution in [3.8, 4) is 5.88 Å². The highest BCUT2D eigenvalue weighted by molar-refractivity contribution is 5.32. The lowest BCUT2D eigenvalue weighted by Crippen LogP contribution is -2.12. The molecule has 1 saturated carbocycles. The first kappa shape index (κ1) is 9.24. The van der Waals surface area contributed by atoms with Crippen LogP contribution < -0.4 is 10.1 Å². The van der Waals surface area contributed by atoms with Crippen molar-refractivity contribution in [1.82, 2.24) is 9.97 Å². The van der Waals surface area contributed by atoms with E-state index in [1.165, 1.54) is 12.8 Å². The fraction of sp³-hybridized carbons (Fsp3) is 0.600. The van der Waals surface area contributed by atoms with Crippen molar-refractivity contribution in [2.75, 3.05) is 19.0 Å². The smallest absolute Gasteiger partial charge is 0.232 e. The highest BCUT2D eigenvalue weighted by atomic mass is 16.5. The molecule has 1 N–H and O–H groups in total. The molecule has 4 nitrogen and oxygen atoms in total. The van der Waals surface area contributed by atoms with E-state index in [2.05, 4.69) is 22.2 Å². The minimum absolute atomic E-state index is 0.488. The summed E-state index contributed by atoms with van der Waals surface area (Å²) in [6.45, 7) is 3.25. The zero-order valence-corrected chi connectivity index (χ0v) is 8.58. The topological polar surface area (TPSA) is 47.0 Å². The summed E-state index contributed by atoms with van der Waals surface area (Å²) >= 11 is 0. The molecular weight excluding hydrogens is 178 g/mol. The highest BCUT2D eigenvalue weighted by Gasteiger charge is 2.36. The molecule has 0 aromatic carbocycles. The molecule has 4 heteroatoms. The van der Waals surface area contributed by atoms with Gasteiger partial charge in [0.05, 0.1) is 19.5 Å². The lowest BCUT2D eigenvalue weighted by molar-refractivity contribution is 0.396. The predicted octanol–water partition coefficient (Wildman–Crippen LogP) is 1.70. The first-order valence-corrected chi connectivity index (χ1v) is 4.82. The van der Waals surface area contributed by atoms with Crippen LogP contribution in [0.5, 0.6) is 5.88 Å². The second-order valence-corrected chi connectivity index (χ2v) is 4.11. The third kappa shape index (κ3) is 2.13. The number of hydrogen-bond acceptors (Lipinski definition) is 4. The highest BCUT2D eigenvalue weighted by Crippen LogP contribution is 2.44. The SMILES string of the molecule is COc1cnc(NCC2(C)CC2)cn1. The third-order valence-corrected chi connectivity index (χ3v) is 2.64. The molecule has 0 bridgehead atoms. The quantitative estimate of drug-likeness (QED) is 0.790. The Balaban J connectivity index is 1.89. The molecule has 0 amide bonds. The van der Waals surface area contributed by atoms with Gasteiger partial charge in [0.1, 0.15) is 5.82 Å². The number of methoxy groups -OCH3 is 1. The second kappa shape index (κ2) is 3.44. The van der Waals surface area contributed by atoms with Gasteiger partial charge in [-0.3, -0.25) is 0 Å². The van der Waals surface area contributed by atoms with E-state index in [-0.39, 0.29) is 0 Å². The number of nitrogens with zero attached hydrogens (tertiary/aromatic N) is 2. The lowest BCUT2D eigenvalue weighted by atomic mass is 10.1. The fourth-order valence-corrected chi connectivity index (χ4v) is 1.21. The van der Waals surface area contributed by atoms with Gasteiger partial charge in [-0.25, -0.2) is 9.97 Å². The molecule has 2 rings (SSSR count). The number of rotatable bonds is 4. The van der Waals surface area contributed by atoms with E-state index in [1.807, 2.05) is 0 Å². The van der Waals surface area contributed by atoms with Gasteiger partial charge in [0, 0.05) is 6.54 Å². The summed E-state index contributed by atoms with van der Waals surface area (Å²) in [7, 11) is 1.59. The predicted molar refractivity (Wildman–Crippen MR) is 54.4 cm³/mol. The molecule has 1 heterocycles. The van der Waals surface area contributed by atoms with Crippen LogP contribution in [0.1, 0.15) is 19.8 Å². The van der Waals surface area contributed by atoms with Crippen LogP contribution >= 0.6 is 0 Å². The summed E-state index contributed by atoms with van der Waals surface area (Å²) in [4.78, 5) is 8.25. The molecular formula is C10H15N3O. The van der Waals surface area contributed by atoms with Gasteiger partial charge in [-0.15, -0.1) is 0 Å². The zero-order chi connectivity index (χ0) is 10.0. The molecule has 1 aliphatic carbocycles. The van der Waals surface area contributed by atoms with Gasteiger partial charge in [0.25, 0.3) is 0 Å². The van der Waals surface area contributed by atoms with Crippen LogP contribution in [-0.2, 0) is 0 Å². The molecule has 14 heavy (non-hydrogen) atoms. The van der Waals surface area contributed by atoms with E-state index in [0.717, 1.165) is 12.4 Å². The maximum atomic E-state index is 4.93. The molecule has 0 unspecified atom stereocenters. The van der Waals surface area contributed by atoms with Crippen molar-refractivity contribution >= 4 is 5.82 Å². The van der Waals surface area contributed by atoms with Crippen molar-refractivity contribution in [2.24, 2.45) is 5.41 Å². The van der Waals surface area contributed by atoms with Crippen LogP contribution in [0.3, 0.4) is 0 Å². The molecule has 0 radical (unpaired) electrons. The van der Waals surface area contributed by atoms with Crippen LogP contribution in [0.25, 0.3) is 0 Å². The molecule has 76 valence electrons. The summed E-state index contributed by atoms with van der Waals surface area (Å²) in [5.41, 5.74) is 0.488. The first-order chi connectivity index (χ1) is 6.72. The minimum Gasteiger partial charge on any atom is -0.480 e. The second-order valence-electron chi connectivity index (χ2n) is 4.11. The average Bonchev–Trinajstić information content (AvgIpc) is 2.95. The third-order valence-electron chi connectivity index (χ3n) is 2.64. The van der Waals surface area contributed by atoms with E-state index in [4.69, 9.17) is 4.74 Å². The Bertz CT molecular complexity index is 306. The van der Waals surface area contributed by atoms with Crippen LogP contribution in [0, 0.1) is 5.41 Å². The molecule has 1 aliphatic rings. The lowest BCUT2D eigenvalue weighted by Gasteiger charge is -2.09. The Morgan fingerprint density at radius 3 is 2.71 bits per heavy atom. The van der Waals surface area contributed by atoms with Gasteiger partial charge in [0.15, 0.2) is 0 Å². The Morgan fingerprint density at radius 2 is 2.21 bits per heavy atom. The summed E-state index contributed by atoms with van der Waals surface area (Å²) in [5.74, 6) is 1.37. The number of aromatic nitrogens is 2. The molecule has 1 aromatic heterocycles. The van der Waals surface area contributed by atoms with Gasteiger partial charge in [-0.05, 0) is 18.3 Å². The van der Waals surface area contributed by atoms with Crippen molar-refractivity contribution in [1.29, 1.82) is 0 Å². The normalized spacial score (nSPS) is 17.6. The van der Waals surface area contributed by atoms with Crippen LogP contribution in [0.15, 0.2) is 12.4 Å². The van der Waals surface area contributed by atoms with E-state index < -0.39 is 0 Å². The average molecular weight is 193 g/mol. The van der Waals surface area contributed by atoms with Crippen LogP contribution in [0.2, 0.25) is 0 Å². The fourth-order valence-electron chi connectivity index (χ4n) is 1.21. The van der Waals surface area contributed by atoms with Crippen LogP contribution in [-0.4, -0.2) is 23.6 Å². The number of hydrogen-bond donors (Lipinski definition) is 1. The van der Waals surface area contributed by atoms with Crippen molar-refractivity contribution in [3.05, 3.63) is 12.4 Å². The molecule has 0 saturated heterocycles. The van der Waals surface area contributed by atoms with E-state index in [1.54, 1.807) is 19.5 Å². The Kier molecular flexibility index (Phi) is 2.27. The van der Waals surface area contributed by atoms with Gasteiger partial charge in [-0.2, -0.15) is 0 Å². The first-order valence-electron chi connectivity index (χ1n) is 4.82. The maximum Gasteiger partial charge on any atom is 0.232 e. The largest absolute Gasteiger partial charge is 0.480 e. The van der Waals surface area contributed by atoms with Crippen molar-refractivity contribution < 1.29 is 4.74 Å². The molecule has 0 aliphatic heterocycles. The van der Waals surface area contributed by atoms with Gasteiger partial charge >= 0.3 is 0 Å². The summed E-state index contributed by atoms with van der Waals surface area (Å²) < 4.78 is 4.93. The Morgan fingerprint density at radius 1 is 1.43 bits per heavy atom. The number of anilines is 1. The molecule has 0 atom stereocenters. The van der Waals surface area contributed by atoms with Gasteiger partial charge in [-0.1, -0.05) is 6.92 Å². The van der Waals surface area contributed by atoms with E-state index in [0.29, 0.717) is 11.3 Å². The van der Waals surface area contributed by atoms with Crippen molar-refractivity contribution in [2.45, 2.75) is 19.8 Å². The van der Waals surface area contributed by atoms with Crippen molar-refractivity contribution in [3.63, 3.8) is 0 Å². The summed E-state index contributed by atoms with van der Waals surface area (Å²) in [6.07, 6.45) is 5.94.